The molecule has 2 aromatic carbocycles. The van der Waals surface area contributed by atoms with Gasteiger partial charge in [-0.05, 0) is 52.0 Å². The van der Waals surface area contributed by atoms with Gasteiger partial charge in [-0.25, -0.2) is 0 Å². The Kier molecular flexibility index (Phi) is 6.45. The molecule has 0 aliphatic rings. The first kappa shape index (κ1) is 19.4. The molecule has 3 rings (SSSR count). The Labute approximate surface area is 166 Å². The Morgan fingerprint density at radius 3 is 1.37 bits per heavy atom. The summed E-state index contributed by atoms with van der Waals surface area (Å²) in [5, 5.41) is 11.0. The third-order valence-electron chi connectivity index (χ3n) is 4.90. The Hall–Kier alpha value is -2.40. The predicted molar refractivity (Wildman–Crippen MR) is 118 cm³/mol. The highest BCUT2D eigenvalue weighted by Crippen LogP contribution is 2.38. The van der Waals surface area contributed by atoms with Crippen LogP contribution < -0.4 is 9.80 Å². The molecule has 0 saturated carbocycles. The van der Waals surface area contributed by atoms with Gasteiger partial charge in [0.2, 0.25) is 0 Å². The smallest absolute Gasteiger partial charge is 0.150 e. The fraction of sp³-hybridized carbons (Fsp3) is 0.364. The van der Waals surface area contributed by atoms with E-state index < -0.39 is 0 Å². The summed E-state index contributed by atoms with van der Waals surface area (Å²) in [7, 11) is 0. The Morgan fingerprint density at radius 2 is 1.00 bits per heavy atom. The van der Waals surface area contributed by atoms with Crippen molar-refractivity contribution in [2.75, 3.05) is 36.0 Å². The van der Waals surface area contributed by atoms with Crippen LogP contribution in [0.4, 0.5) is 11.4 Å². The van der Waals surface area contributed by atoms with Crippen molar-refractivity contribution in [1.82, 2.24) is 10.2 Å². The van der Waals surface area contributed by atoms with Crippen LogP contribution in [0.3, 0.4) is 0 Å². The lowest BCUT2D eigenvalue weighted by Crippen LogP contribution is -2.22. The van der Waals surface area contributed by atoms with E-state index in [1.54, 1.807) is 11.3 Å². The maximum Gasteiger partial charge on any atom is 0.150 e. The van der Waals surface area contributed by atoms with Crippen LogP contribution in [0.1, 0.15) is 27.7 Å². The summed E-state index contributed by atoms with van der Waals surface area (Å²) in [5.74, 6) is 0. The largest absolute Gasteiger partial charge is 0.372 e. The Balaban J connectivity index is 2.03. The number of para-hydroxylation sites is 2. The van der Waals surface area contributed by atoms with E-state index >= 15 is 0 Å². The monoisotopic (exact) mass is 380 g/mol. The van der Waals surface area contributed by atoms with Gasteiger partial charge in [-0.2, -0.15) is 0 Å². The Bertz CT molecular complexity index is 796. The van der Waals surface area contributed by atoms with Crippen molar-refractivity contribution in [3.05, 3.63) is 48.5 Å². The number of anilines is 2. The average molecular weight is 381 g/mol. The van der Waals surface area contributed by atoms with Crippen LogP contribution in [0.25, 0.3) is 21.1 Å². The van der Waals surface area contributed by atoms with E-state index in [1.807, 2.05) is 0 Å². The van der Waals surface area contributed by atoms with Gasteiger partial charge in [0.1, 0.15) is 10.0 Å². The van der Waals surface area contributed by atoms with Crippen molar-refractivity contribution in [3.8, 4) is 21.1 Å². The zero-order valence-electron chi connectivity index (χ0n) is 16.6. The van der Waals surface area contributed by atoms with Crippen molar-refractivity contribution in [3.63, 3.8) is 0 Å². The second kappa shape index (κ2) is 9.00. The first-order chi connectivity index (χ1) is 13.2. The topological polar surface area (TPSA) is 32.3 Å². The number of benzene rings is 2. The van der Waals surface area contributed by atoms with E-state index in [9.17, 15) is 0 Å². The average Bonchev–Trinajstić information content (AvgIpc) is 3.20. The van der Waals surface area contributed by atoms with Crippen LogP contribution in [0.2, 0.25) is 0 Å². The number of hydrogen-bond acceptors (Lipinski definition) is 5. The third kappa shape index (κ3) is 3.98. The molecule has 0 spiro atoms. The van der Waals surface area contributed by atoms with Crippen molar-refractivity contribution < 1.29 is 0 Å². The van der Waals surface area contributed by atoms with Crippen LogP contribution in [0.5, 0.6) is 0 Å². The van der Waals surface area contributed by atoms with Gasteiger partial charge >= 0.3 is 0 Å². The maximum absolute atomic E-state index is 4.55. The molecule has 5 heteroatoms. The molecule has 0 unspecified atom stereocenters. The van der Waals surface area contributed by atoms with E-state index in [1.165, 1.54) is 11.4 Å². The summed E-state index contributed by atoms with van der Waals surface area (Å²) in [5.41, 5.74) is 4.76. The van der Waals surface area contributed by atoms with Crippen molar-refractivity contribution in [1.29, 1.82) is 0 Å². The molecular weight excluding hydrogens is 352 g/mol. The molecule has 27 heavy (non-hydrogen) atoms. The first-order valence-electron chi connectivity index (χ1n) is 9.75. The zero-order chi connectivity index (χ0) is 19.2. The van der Waals surface area contributed by atoms with Gasteiger partial charge in [0.05, 0.1) is 0 Å². The molecule has 0 saturated heterocycles. The Morgan fingerprint density at radius 1 is 0.630 bits per heavy atom. The predicted octanol–water partition coefficient (Wildman–Crippen LogP) is 5.56. The van der Waals surface area contributed by atoms with E-state index in [-0.39, 0.29) is 0 Å². The maximum atomic E-state index is 4.55. The highest BCUT2D eigenvalue weighted by Gasteiger charge is 2.17. The molecule has 0 aliphatic carbocycles. The number of aromatic nitrogens is 2. The van der Waals surface area contributed by atoms with Crippen LogP contribution in [-0.2, 0) is 0 Å². The third-order valence-corrected chi connectivity index (χ3v) is 5.89. The molecule has 142 valence electrons. The molecule has 0 radical (unpaired) electrons. The van der Waals surface area contributed by atoms with Gasteiger partial charge in [0, 0.05) is 48.7 Å². The van der Waals surface area contributed by atoms with Gasteiger partial charge in [0.25, 0.3) is 0 Å². The summed E-state index contributed by atoms with van der Waals surface area (Å²) in [6, 6.07) is 17.0. The second-order valence-electron chi connectivity index (χ2n) is 6.29. The fourth-order valence-electron chi connectivity index (χ4n) is 3.43. The van der Waals surface area contributed by atoms with Gasteiger partial charge in [-0.3, -0.25) is 0 Å². The molecule has 0 aliphatic heterocycles. The number of nitrogens with zero attached hydrogens (tertiary/aromatic N) is 4. The molecule has 1 heterocycles. The van der Waals surface area contributed by atoms with Crippen molar-refractivity contribution in [2.24, 2.45) is 0 Å². The van der Waals surface area contributed by atoms with Crippen molar-refractivity contribution >= 4 is 22.7 Å². The lowest BCUT2D eigenvalue weighted by Gasteiger charge is -2.23. The van der Waals surface area contributed by atoms with Crippen LogP contribution in [-0.4, -0.2) is 36.4 Å². The zero-order valence-corrected chi connectivity index (χ0v) is 17.5. The molecule has 0 bridgehead atoms. The molecule has 0 amide bonds. The molecule has 0 atom stereocenters. The SMILES string of the molecule is CCN(CC)c1ccccc1-c1nnc(-c2ccccc2N(CC)CC)s1. The van der Waals surface area contributed by atoms with Gasteiger partial charge in [-0.15, -0.1) is 10.2 Å². The lowest BCUT2D eigenvalue weighted by atomic mass is 10.1. The lowest BCUT2D eigenvalue weighted by molar-refractivity contribution is 0.866. The van der Waals surface area contributed by atoms with E-state index in [0.29, 0.717) is 0 Å². The normalized spacial score (nSPS) is 10.8. The number of hydrogen-bond donors (Lipinski definition) is 0. The molecule has 0 fully saturated rings. The van der Waals surface area contributed by atoms with E-state index in [2.05, 4.69) is 96.2 Å². The van der Waals surface area contributed by atoms with E-state index in [4.69, 9.17) is 0 Å². The molecule has 1 aromatic heterocycles. The minimum absolute atomic E-state index is 0.974. The second-order valence-corrected chi connectivity index (χ2v) is 7.27. The summed E-state index contributed by atoms with van der Waals surface area (Å²) in [6.07, 6.45) is 0. The molecule has 0 N–H and O–H groups in total. The first-order valence-corrected chi connectivity index (χ1v) is 10.6. The van der Waals surface area contributed by atoms with Gasteiger partial charge in [0.15, 0.2) is 0 Å². The van der Waals surface area contributed by atoms with Crippen LogP contribution in [0, 0.1) is 0 Å². The molecule has 3 aromatic rings. The quantitative estimate of drug-likeness (QED) is 0.512. The molecule has 4 nitrogen and oxygen atoms in total. The highest BCUT2D eigenvalue weighted by atomic mass is 32.1. The number of rotatable bonds is 8. The van der Waals surface area contributed by atoms with Crippen LogP contribution in [0.15, 0.2) is 48.5 Å². The minimum Gasteiger partial charge on any atom is -0.372 e. The highest BCUT2D eigenvalue weighted by molar-refractivity contribution is 7.18. The standard InChI is InChI=1S/C22H28N4S/c1-5-25(6-2)19-15-11-9-13-17(19)21-23-24-22(27-21)18-14-10-12-16-20(18)26(7-3)8-4/h9-16H,5-8H2,1-4H3. The van der Waals surface area contributed by atoms with Crippen LogP contribution >= 0.6 is 11.3 Å². The fourth-order valence-corrected chi connectivity index (χ4v) is 4.34. The van der Waals surface area contributed by atoms with E-state index in [0.717, 1.165) is 47.3 Å². The molecular formula is C22H28N4S. The van der Waals surface area contributed by atoms with Gasteiger partial charge < -0.3 is 9.80 Å². The summed E-state index contributed by atoms with van der Waals surface area (Å²) in [6.45, 7) is 12.7. The van der Waals surface area contributed by atoms with Gasteiger partial charge in [-0.1, -0.05) is 35.6 Å². The minimum atomic E-state index is 0.974. The summed E-state index contributed by atoms with van der Waals surface area (Å²) >= 11 is 1.67. The summed E-state index contributed by atoms with van der Waals surface area (Å²) < 4.78 is 0. The summed E-state index contributed by atoms with van der Waals surface area (Å²) in [4.78, 5) is 4.72. The van der Waals surface area contributed by atoms with Crippen molar-refractivity contribution in [2.45, 2.75) is 27.7 Å².